The average molecular weight is 309 g/mol. The fourth-order valence-electron chi connectivity index (χ4n) is 2.62. The van der Waals surface area contributed by atoms with Gasteiger partial charge >= 0.3 is 0 Å². The van der Waals surface area contributed by atoms with Crippen molar-refractivity contribution >= 4 is 11.5 Å². The molecular weight excluding hydrogens is 282 g/mol. The smallest absolute Gasteiger partial charge is 0.164 e. The molecule has 0 saturated carbocycles. The summed E-state index contributed by atoms with van der Waals surface area (Å²) in [4.78, 5) is 12.3. The second-order valence-electron chi connectivity index (χ2n) is 6.22. The van der Waals surface area contributed by atoms with Gasteiger partial charge in [-0.1, -0.05) is 49.7 Å². The molecule has 0 fully saturated rings. The normalized spacial score (nSPS) is 10.6. The molecule has 0 bridgehead atoms. The monoisotopic (exact) mass is 309 g/mol. The van der Waals surface area contributed by atoms with Crippen molar-refractivity contribution in [3.63, 3.8) is 0 Å². The number of carbonyl (C=O) groups excluding carboxylic acids is 1. The van der Waals surface area contributed by atoms with Gasteiger partial charge in [0.25, 0.3) is 0 Å². The Labute approximate surface area is 139 Å². The lowest BCUT2D eigenvalue weighted by molar-refractivity contribution is 0.0986. The Hall–Kier alpha value is -2.09. The van der Waals surface area contributed by atoms with Crippen LogP contribution in [0.1, 0.15) is 53.2 Å². The zero-order valence-electron chi connectivity index (χ0n) is 14.5. The summed E-state index contributed by atoms with van der Waals surface area (Å²) in [6, 6.07) is 14.4. The van der Waals surface area contributed by atoms with Gasteiger partial charge < -0.3 is 5.32 Å². The van der Waals surface area contributed by atoms with E-state index in [-0.39, 0.29) is 5.78 Å². The van der Waals surface area contributed by atoms with E-state index >= 15 is 0 Å². The van der Waals surface area contributed by atoms with Gasteiger partial charge in [-0.15, -0.1) is 0 Å². The standard InChI is InChI=1S/C21H27NO/c1-4-5-6-18-9-11-19(12-10-18)21(23)13-14-22-20-15-16(2)7-8-17(20)3/h7-12,15,22H,4-6,13-14H2,1-3H3. The molecule has 0 saturated heterocycles. The lowest BCUT2D eigenvalue weighted by Gasteiger charge is -2.10. The van der Waals surface area contributed by atoms with E-state index in [1.165, 1.54) is 29.5 Å². The molecule has 2 heteroatoms. The molecule has 0 aliphatic rings. The summed E-state index contributed by atoms with van der Waals surface area (Å²) >= 11 is 0. The molecule has 0 heterocycles. The number of Topliss-reactive ketones (excluding diaryl/α,β-unsaturated/α-hetero) is 1. The first kappa shape index (κ1) is 17.3. The highest BCUT2D eigenvalue weighted by Gasteiger charge is 2.06. The van der Waals surface area contributed by atoms with Crippen molar-refractivity contribution in [1.82, 2.24) is 0 Å². The predicted octanol–water partition coefficient (Wildman–Crippen LogP) is 5.33. The SMILES string of the molecule is CCCCc1ccc(C(=O)CCNc2cc(C)ccc2C)cc1. The molecule has 0 aliphatic heterocycles. The predicted molar refractivity (Wildman–Crippen MR) is 98.4 cm³/mol. The molecule has 2 nitrogen and oxygen atoms in total. The zero-order chi connectivity index (χ0) is 16.7. The summed E-state index contributed by atoms with van der Waals surface area (Å²) in [5.74, 6) is 0.199. The minimum absolute atomic E-state index is 0.199. The summed E-state index contributed by atoms with van der Waals surface area (Å²) in [5.41, 5.74) is 5.69. The number of ketones is 1. The zero-order valence-corrected chi connectivity index (χ0v) is 14.5. The Morgan fingerprint density at radius 2 is 1.78 bits per heavy atom. The number of carbonyl (C=O) groups is 1. The Bertz CT molecular complexity index is 643. The van der Waals surface area contributed by atoms with Crippen LogP contribution in [0.25, 0.3) is 0 Å². The second kappa shape index (κ2) is 8.52. The maximum Gasteiger partial charge on any atom is 0.164 e. The largest absolute Gasteiger partial charge is 0.384 e. The molecule has 122 valence electrons. The summed E-state index contributed by atoms with van der Waals surface area (Å²) in [7, 11) is 0. The Morgan fingerprint density at radius 1 is 1.04 bits per heavy atom. The molecule has 0 unspecified atom stereocenters. The van der Waals surface area contributed by atoms with Gasteiger partial charge in [0.2, 0.25) is 0 Å². The van der Waals surface area contributed by atoms with Crippen LogP contribution in [-0.4, -0.2) is 12.3 Å². The molecule has 0 spiro atoms. The maximum absolute atomic E-state index is 12.3. The number of hydrogen-bond donors (Lipinski definition) is 1. The first-order valence-electron chi connectivity index (χ1n) is 8.53. The van der Waals surface area contributed by atoms with Gasteiger partial charge in [0.1, 0.15) is 0 Å². The van der Waals surface area contributed by atoms with Gasteiger partial charge in [-0.25, -0.2) is 0 Å². The number of rotatable bonds is 8. The van der Waals surface area contributed by atoms with E-state index in [9.17, 15) is 4.79 Å². The van der Waals surface area contributed by atoms with Crippen molar-refractivity contribution in [1.29, 1.82) is 0 Å². The molecule has 0 aromatic heterocycles. The van der Waals surface area contributed by atoms with Crippen LogP contribution in [0.3, 0.4) is 0 Å². The molecule has 0 aliphatic carbocycles. The number of benzene rings is 2. The topological polar surface area (TPSA) is 29.1 Å². The molecule has 0 amide bonds. The van der Waals surface area contributed by atoms with Crippen molar-refractivity contribution in [3.05, 3.63) is 64.7 Å². The van der Waals surface area contributed by atoms with Crippen molar-refractivity contribution in [2.24, 2.45) is 0 Å². The first-order chi connectivity index (χ1) is 11.1. The van der Waals surface area contributed by atoms with Crippen LogP contribution in [-0.2, 0) is 6.42 Å². The fraction of sp³-hybridized carbons (Fsp3) is 0.381. The highest BCUT2D eigenvalue weighted by Crippen LogP contribution is 2.16. The molecule has 2 aromatic rings. The van der Waals surface area contributed by atoms with Gasteiger partial charge in [-0.2, -0.15) is 0 Å². The van der Waals surface area contributed by atoms with Crippen LogP contribution in [0.5, 0.6) is 0 Å². The molecule has 2 aromatic carbocycles. The summed E-state index contributed by atoms with van der Waals surface area (Å²) in [5, 5.41) is 3.37. The summed E-state index contributed by atoms with van der Waals surface area (Å²) in [6.45, 7) is 7.02. The van der Waals surface area contributed by atoms with E-state index in [0.717, 1.165) is 17.7 Å². The van der Waals surface area contributed by atoms with E-state index in [2.05, 4.69) is 56.4 Å². The molecule has 1 N–H and O–H groups in total. The van der Waals surface area contributed by atoms with Gasteiger partial charge in [0.05, 0.1) is 0 Å². The minimum Gasteiger partial charge on any atom is -0.384 e. The molecule has 0 radical (unpaired) electrons. The minimum atomic E-state index is 0.199. The average Bonchev–Trinajstić information content (AvgIpc) is 2.56. The van der Waals surface area contributed by atoms with Crippen molar-refractivity contribution in [2.45, 2.75) is 46.5 Å². The Kier molecular flexibility index (Phi) is 6.40. The second-order valence-corrected chi connectivity index (χ2v) is 6.22. The molecule has 2 rings (SSSR count). The van der Waals surface area contributed by atoms with Crippen LogP contribution in [0, 0.1) is 13.8 Å². The van der Waals surface area contributed by atoms with E-state index in [1.807, 2.05) is 12.1 Å². The van der Waals surface area contributed by atoms with E-state index in [4.69, 9.17) is 0 Å². The van der Waals surface area contributed by atoms with Crippen molar-refractivity contribution in [2.75, 3.05) is 11.9 Å². The first-order valence-corrected chi connectivity index (χ1v) is 8.53. The van der Waals surface area contributed by atoms with Gasteiger partial charge in [0, 0.05) is 24.2 Å². The van der Waals surface area contributed by atoms with Crippen LogP contribution in [0.2, 0.25) is 0 Å². The van der Waals surface area contributed by atoms with Gasteiger partial charge in [-0.3, -0.25) is 4.79 Å². The molecule has 0 atom stereocenters. The van der Waals surface area contributed by atoms with E-state index in [0.29, 0.717) is 13.0 Å². The number of aryl methyl sites for hydroxylation is 3. The highest BCUT2D eigenvalue weighted by atomic mass is 16.1. The lowest BCUT2D eigenvalue weighted by Crippen LogP contribution is -2.09. The fourth-order valence-corrected chi connectivity index (χ4v) is 2.62. The van der Waals surface area contributed by atoms with Gasteiger partial charge in [-0.05, 0) is 49.4 Å². The highest BCUT2D eigenvalue weighted by molar-refractivity contribution is 5.96. The van der Waals surface area contributed by atoms with Crippen LogP contribution >= 0.6 is 0 Å². The molecule has 23 heavy (non-hydrogen) atoms. The van der Waals surface area contributed by atoms with Crippen LogP contribution in [0.4, 0.5) is 5.69 Å². The maximum atomic E-state index is 12.3. The summed E-state index contributed by atoms with van der Waals surface area (Å²) < 4.78 is 0. The number of hydrogen-bond acceptors (Lipinski definition) is 2. The van der Waals surface area contributed by atoms with E-state index in [1.54, 1.807) is 0 Å². The third-order valence-electron chi connectivity index (χ3n) is 4.16. The number of anilines is 1. The number of nitrogens with one attached hydrogen (secondary N) is 1. The number of unbranched alkanes of at least 4 members (excludes halogenated alkanes) is 1. The Morgan fingerprint density at radius 3 is 2.48 bits per heavy atom. The quantitative estimate of drug-likeness (QED) is 0.668. The van der Waals surface area contributed by atoms with Crippen molar-refractivity contribution < 1.29 is 4.79 Å². The van der Waals surface area contributed by atoms with E-state index < -0.39 is 0 Å². The van der Waals surface area contributed by atoms with Crippen LogP contribution in [0.15, 0.2) is 42.5 Å². The van der Waals surface area contributed by atoms with Gasteiger partial charge in [0.15, 0.2) is 5.78 Å². The molecular formula is C21H27NO. The third-order valence-corrected chi connectivity index (χ3v) is 4.16. The van der Waals surface area contributed by atoms with Crippen molar-refractivity contribution in [3.8, 4) is 0 Å². The third kappa shape index (κ3) is 5.24. The lowest BCUT2D eigenvalue weighted by atomic mass is 10.0. The van der Waals surface area contributed by atoms with Crippen LogP contribution < -0.4 is 5.32 Å². The summed E-state index contributed by atoms with van der Waals surface area (Å²) in [6.07, 6.45) is 4.01. The Balaban J connectivity index is 1.86.